The normalized spacial score (nSPS) is 10.9. The van der Waals surface area contributed by atoms with Crippen LogP contribution in [-0.4, -0.2) is 9.97 Å². The second-order valence-electron chi connectivity index (χ2n) is 3.23. The van der Waals surface area contributed by atoms with Gasteiger partial charge in [-0.25, -0.2) is 9.55 Å². The number of hydrogen-bond acceptors (Lipinski definition) is 0. The lowest BCUT2D eigenvalue weighted by molar-refractivity contribution is -0.592. The molecule has 0 unspecified atom stereocenters. The average Bonchev–Trinajstić information content (AvgIpc) is 2.88. The van der Waals surface area contributed by atoms with E-state index >= 15 is 0 Å². The van der Waals surface area contributed by atoms with Crippen molar-refractivity contribution in [2.45, 2.75) is 0 Å². The Bertz CT molecular complexity index is 549. The standard InChI is InChI=1S/C11H9N3/c1-2-10-9(4-5-13-10)11(3-1)14-7-6-12-8-14/h1-8,13H/p+1. The summed E-state index contributed by atoms with van der Waals surface area (Å²) in [5, 5.41) is 1.23. The molecular weight excluding hydrogens is 174 g/mol. The van der Waals surface area contributed by atoms with Crippen LogP contribution in [0.5, 0.6) is 0 Å². The van der Waals surface area contributed by atoms with Crippen LogP contribution in [0.2, 0.25) is 0 Å². The van der Waals surface area contributed by atoms with Crippen LogP contribution in [0.15, 0.2) is 49.2 Å². The van der Waals surface area contributed by atoms with Gasteiger partial charge in [0, 0.05) is 17.1 Å². The fraction of sp³-hybridized carbons (Fsp3) is 0. The maximum absolute atomic E-state index is 3.20. The van der Waals surface area contributed by atoms with Crippen LogP contribution < -0.4 is 4.57 Å². The Kier molecular flexibility index (Phi) is 1.44. The van der Waals surface area contributed by atoms with Gasteiger partial charge in [-0.05, 0) is 18.2 Å². The van der Waals surface area contributed by atoms with E-state index in [0.717, 1.165) is 5.52 Å². The number of aromatic nitrogens is 3. The minimum absolute atomic E-state index is 1.16. The number of fused-ring (bicyclic) bond motifs is 1. The van der Waals surface area contributed by atoms with E-state index in [1.165, 1.54) is 11.1 Å². The third-order valence-corrected chi connectivity index (χ3v) is 2.40. The molecule has 3 rings (SSSR count). The van der Waals surface area contributed by atoms with Gasteiger partial charge in [0.25, 0.3) is 0 Å². The van der Waals surface area contributed by atoms with Gasteiger partial charge in [-0.2, -0.15) is 0 Å². The van der Waals surface area contributed by atoms with Gasteiger partial charge in [-0.15, -0.1) is 0 Å². The van der Waals surface area contributed by atoms with Gasteiger partial charge in [0.15, 0.2) is 0 Å². The highest BCUT2D eigenvalue weighted by Crippen LogP contribution is 2.16. The summed E-state index contributed by atoms with van der Waals surface area (Å²) in [4.78, 5) is 6.24. The summed E-state index contributed by atoms with van der Waals surface area (Å²) in [6, 6.07) is 8.31. The highest BCUT2D eigenvalue weighted by molar-refractivity contribution is 5.85. The molecule has 0 atom stereocenters. The summed E-state index contributed by atoms with van der Waals surface area (Å²) in [5.74, 6) is 0. The first-order valence-electron chi connectivity index (χ1n) is 4.56. The summed E-state index contributed by atoms with van der Waals surface area (Å²) in [5.41, 5.74) is 2.35. The predicted octanol–water partition coefficient (Wildman–Crippen LogP) is 1.77. The molecule has 0 aliphatic heterocycles. The summed E-state index contributed by atoms with van der Waals surface area (Å²) in [7, 11) is 0. The molecule has 0 saturated heterocycles. The van der Waals surface area contributed by atoms with Gasteiger partial charge in [0.05, 0.1) is 0 Å². The minimum Gasteiger partial charge on any atom is -0.361 e. The molecule has 0 radical (unpaired) electrons. The maximum atomic E-state index is 3.20. The summed E-state index contributed by atoms with van der Waals surface area (Å²) >= 11 is 0. The van der Waals surface area contributed by atoms with Crippen LogP contribution in [0.25, 0.3) is 16.6 Å². The molecule has 2 heterocycles. The van der Waals surface area contributed by atoms with Gasteiger partial charge in [0.1, 0.15) is 18.1 Å². The minimum atomic E-state index is 1.16. The molecule has 0 aliphatic carbocycles. The Hall–Kier alpha value is -2.03. The van der Waals surface area contributed by atoms with Gasteiger partial charge in [-0.1, -0.05) is 6.07 Å². The first kappa shape index (κ1) is 7.38. The molecule has 2 aromatic heterocycles. The highest BCUT2D eigenvalue weighted by atomic mass is 15.0. The van der Waals surface area contributed by atoms with Crippen molar-refractivity contribution in [3.8, 4) is 5.69 Å². The summed E-state index contributed by atoms with van der Waals surface area (Å²) < 4.78 is 2.07. The predicted molar refractivity (Wildman–Crippen MR) is 54.2 cm³/mol. The monoisotopic (exact) mass is 184 g/mol. The molecule has 0 bridgehead atoms. The van der Waals surface area contributed by atoms with Gasteiger partial charge < -0.3 is 4.98 Å². The largest absolute Gasteiger partial charge is 0.361 e. The Balaban J connectivity index is 2.36. The van der Waals surface area contributed by atoms with Crippen molar-refractivity contribution in [2.24, 2.45) is 0 Å². The Morgan fingerprint density at radius 3 is 2.93 bits per heavy atom. The van der Waals surface area contributed by atoms with Crippen LogP contribution in [0.1, 0.15) is 0 Å². The smallest absolute Gasteiger partial charge is 0.246 e. The molecule has 0 fully saturated rings. The van der Waals surface area contributed by atoms with Crippen molar-refractivity contribution >= 4 is 10.9 Å². The number of H-pyrrole nitrogens is 2. The molecular formula is C11H10N3+. The van der Waals surface area contributed by atoms with Crippen LogP contribution in [-0.2, 0) is 0 Å². The fourth-order valence-corrected chi connectivity index (χ4v) is 1.73. The summed E-state index contributed by atoms with van der Waals surface area (Å²) in [6.45, 7) is 0. The number of nitrogens with one attached hydrogen (secondary N) is 2. The molecule has 68 valence electrons. The van der Waals surface area contributed by atoms with E-state index in [2.05, 4.69) is 32.7 Å². The van der Waals surface area contributed by atoms with E-state index < -0.39 is 0 Å². The van der Waals surface area contributed by atoms with E-state index in [0.29, 0.717) is 0 Å². The number of benzene rings is 1. The van der Waals surface area contributed by atoms with Crippen LogP contribution >= 0.6 is 0 Å². The van der Waals surface area contributed by atoms with E-state index in [9.17, 15) is 0 Å². The number of hydrogen-bond donors (Lipinski definition) is 2. The molecule has 0 saturated carbocycles. The van der Waals surface area contributed by atoms with Crippen molar-refractivity contribution in [2.75, 3.05) is 0 Å². The quantitative estimate of drug-likeness (QED) is 0.541. The maximum Gasteiger partial charge on any atom is 0.246 e. The highest BCUT2D eigenvalue weighted by Gasteiger charge is 2.06. The van der Waals surface area contributed by atoms with Crippen molar-refractivity contribution < 1.29 is 4.57 Å². The number of aromatic amines is 2. The van der Waals surface area contributed by atoms with Crippen molar-refractivity contribution in [3.63, 3.8) is 0 Å². The van der Waals surface area contributed by atoms with E-state index in [1.807, 2.05) is 31.0 Å². The first-order valence-corrected chi connectivity index (χ1v) is 4.56. The van der Waals surface area contributed by atoms with Gasteiger partial charge in [-0.3, -0.25) is 0 Å². The SMILES string of the molecule is c1cc(-[n+]2cc[nH]c2)c2cc[nH]c2c1. The molecule has 3 nitrogen and oxygen atoms in total. The van der Waals surface area contributed by atoms with Crippen molar-refractivity contribution in [3.05, 3.63) is 49.2 Å². The van der Waals surface area contributed by atoms with E-state index in [-0.39, 0.29) is 0 Å². The average molecular weight is 184 g/mol. The lowest BCUT2D eigenvalue weighted by Gasteiger charge is -1.96. The molecule has 3 aromatic rings. The lowest BCUT2D eigenvalue weighted by atomic mass is 10.2. The van der Waals surface area contributed by atoms with Gasteiger partial charge >= 0.3 is 0 Å². The molecule has 14 heavy (non-hydrogen) atoms. The lowest BCUT2D eigenvalue weighted by Crippen LogP contribution is -2.26. The van der Waals surface area contributed by atoms with Crippen molar-refractivity contribution in [1.29, 1.82) is 0 Å². The van der Waals surface area contributed by atoms with E-state index in [4.69, 9.17) is 0 Å². The van der Waals surface area contributed by atoms with Gasteiger partial charge in [0.2, 0.25) is 6.33 Å². The van der Waals surface area contributed by atoms with Crippen LogP contribution in [0, 0.1) is 0 Å². The van der Waals surface area contributed by atoms with E-state index in [1.54, 1.807) is 0 Å². The van der Waals surface area contributed by atoms with Crippen LogP contribution in [0.3, 0.4) is 0 Å². The Morgan fingerprint density at radius 1 is 1.07 bits per heavy atom. The fourth-order valence-electron chi connectivity index (χ4n) is 1.73. The van der Waals surface area contributed by atoms with Crippen LogP contribution in [0.4, 0.5) is 0 Å². The zero-order valence-corrected chi connectivity index (χ0v) is 7.57. The first-order chi connectivity index (χ1) is 6.95. The zero-order chi connectivity index (χ0) is 9.38. The molecule has 0 aliphatic rings. The zero-order valence-electron chi connectivity index (χ0n) is 7.57. The molecule has 2 N–H and O–H groups in total. The number of nitrogens with zero attached hydrogens (tertiary/aromatic N) is 1. The molecule has 0 spiro atoms. The number of imidazole rings is 1. The van der Waals surface area contributed by atoms with Crippen molar-refractivity contribution in [1.82, 2.24) is 9.97 Å². The summed E-state index contributed by atoms with van der Waals surface area (Å²) in [6.07, 6.45) is 7.80. The third kappa shape index (κ3) is 0.956. The Labute approximate surface area is 81.0 Å². The Morgan fingerprint density at radius 2 is 2.07 bits per heavy atom. The molecule has 3 heteroatoms. The topological polar surface area (TPSA) is 35.5 Å². The third-order valence-electron chi connectivity index (χ3n) is 2.40. The second kappa shape index (κ2) is 2.73. The molecule has 1 aromatic carbocycles. The number of rotatable bonds is 1. The molecule has 0 amide bonds. The second-order valence-corrected chi connectivity index (χ2v) is 3.23.